The van der Waals surface area contributed by atoms with E-state index in [1.165, 1.54) is 12.2 Å². The number of rotatable bonds is 4. The van der Waals surface area contributed by atoms with Gasteiger partial charge in [0.05, 0.1) is 13.2 Å². The summed E-state index contributed by atoms with van der Waals surface area (Å²) >= 11 is 0. The highest BCUT2D eigenvalue weighted by atomic mass is 16.5. The fourth-order valence-corrected chi connectivity index (χ4v) is 3.29. The maximum Gasteiger partial charge on any atom is 0.331 e. The number of aliphatic hydroxyl groups is 2. The number of carbonyl (C=O) groups is 2. The zero-order chi connectivity index (χ0) is 22.8. The molecule has 0 saturated carbocycles. The molecule has 0 amide bonds. The predicted octanol–water partition coefficient (Wildman–Crippen LogP) is 3.09. The third-order valence-corrected chi connectivity index (χ3v) is 4.80. The van der Waals surface area contributed by atoms with Gasteiger partial charge in [-0.05, 0) is 33.4 Å². The van der Waals surface area contributed by atoms with Crippen LogP contribution in [0.25, 0.3) is 11.1 Å². The summed E-state index contributed by atoms with van der Waals surface area (Å²) < 4.78 is 9.80. The van der Waals surface area contributed by atoms with Crippen molar-refractivity contribution in [2.45, 2.75) is 0 Å². The van der Waals surface area contributed by atoms with Gasteiger partial charge in [-0.25, -0.2) is 9.59 Å². The van der Waals surface area contributed by atoms with Crippen LogP contribution in [0.2, 0.25) is 0 Å². The lowest BCUT2D eigenvalue weighted by Gasteiger charge is -2.17. The van der Waals surface area contributed by atoms with E-state index in [1.54, 1.807) is 12.2 Å². The minimum absolute atomic E-state index is 0.0585. The molecule has 0 unspecified atom stereocenters. The molecule has 2 heterocycles. The predicted molar refractivity (Wildman–Crippen MR) is 121 cm³/mol. The first-order valence-corrected chi connectivity index (χ1v) is 10.1. The number of benzene rings is 2. The summed E-state index contributed by atoms with van der Waals surface area (Å²) in [5, 5.41) is 17.8. The van der Waals surface area contributed by atoms with Crippen LogP contribution in [0.5, 0.6) is 0 Å². The molecule has 0 aliphatic carbocycles. The normalized spacial score (nSPS) is 18.2. The van der Waals surface area contributed by atoms with E-state index in [1.807, 2.05) is 60.7 Å². The van der Waals surface area contributed by atoms with Crippen molar-refractivity contribution in [2.75, 3.05) is 26.4 Å². The first kappa shape index (κ1) is 22.9. The summed E-state index contributed by atoms with van der Waals surface area (Å²) in [6.07, 6.45) is 6.23. The van der Waals surface area contributed by atoms with Gasteiger partial charge in [0.1, 0.15) is 13.2 Å². The van der Waals surface area contributed by atoms with E-state index in [9.17, 15) is 9.59 Å². The molecule has 0 bridgehead atoms. The van der Waals surface area contributed by atoms with Gasteiger partial charge in [0.25, 0.3) is 0 Å². The van der Waals surface area contributed by atoms with Crippen LogP contribution in [0, 0.1) is 0 Å². The van der Waals surface area contributed by atoms with Gasteiger partial charge in [0.2, 0.25) is 0 Å². The number of carbonyl (C=O) groups excluding carboxylic acids is 2. The van der Waals surface area contributed by atoms with Gasteiger partial charge in [0, 0.05) is 12.2 Å². The molecular weight excluding hydrogens is 408 g/mol. The van der Waals surface area contributed by atoms with E-state index in [0.29, 0.717) is 0 Å². The van der Waals surface area contributed by atoms with Crippen LogP contribution in [0.15, 0.2) is 96.1 Å². The Labute approximate surface area is 186 Å². The second kappa shape index (κ2) is 11.6. The molecule has 2 aliphatic rings. The lowest BCUT2D eigenvalue weighted by molar-refractivity contribution is -0.138. The van der Waals surface area contributed by atoms with Gasteiger partial charge in [-0.15, -0.1) is 0 Å². The lowest BCUT2D eigenvalue weighted by Crippen LogP contribution is -2.13. The lowest BCUT2D eigenvalue weighted by atomic mass is 9.96. The summed E-state index contributed by atoms with van der Waals surface area (Å²) in [5.74, 6) is -0.678. The number of hydrogen-bond donors (Lipinski definition) is 2. The second-order valence-corrected chi connectivity index (χ2v) is 6.89. The molecule has 0 atom stereocenters. The Bertz CT molecular complexity index is 975. The van der Waals surface area contributed by atoms with Crippen molar-refractivity contribution in [3.63, 3.8) is 0 Å². The number of aliphatic hydroxyl groups excluding tert-OH is 2. The summed E-state index contributed by atoms with van der Waals surface area (Å²) in [7, 11) is 0. The standard InChI is InChI=1S/2C13H12O3/c2*14-7-6-11-9-16-13(15)8-12(11)10-4-2-1-3-5-10/h2*1-6,8,14H,7,9H2/b2*11-6+. The second-order valence-electron chi connectivity index (χ2n) is 6.89. The summed E-state index contributed by atoms with van der Waals surface area (Å²) in [4.78, 5) is 22.4. The Morgan fingerprint density at radius 3 is 1.38 bits per heavy atom. The molecule has 0 saturated heterocycles. The molecule has 0 spiro atoms. The first-order valence-electron chi connectivity index (χ1n) is 10.1. The van der Waals surface area contributed by atoms with Gasteiger partial charge >= 0.3 is 11.9 Å². The van der Waals surface area contributed by atoms with Crippen molar-refractivity contribution < 1.29 is 29.3 Å². The van der Waals surface area contributed by atoms with Crippen molar-refractivity contribution in [1.82, 2.24) is 0 Å². The Hall–Kier alpha value is -3.74. The quantitative estimate of drug-likeness (QED) is 0.722. The van der Waals surface area contributed by atoms with Crippen molar-refractivity contribution in [3.05, 3.63) is 107 Å². The molecule has 6 nitrogen and oxygen atoms in total. The SMILES string of the molecule is O=C1C=C(c2ccccc2)/C(=C/CO)CO1.O=C1C=C(c2ccccc2)/C(=C/CO)CO1. The molecule has 2 aromatic rings. The molecule has 2 N–H and O–H groups in total. The molecule has 164 valence electrons. The third-order valence-electron chi connectivity index (χ3n) is 4.80. The van der Waals surface area contributed by atoms with E-state index in [-0.39, 0.29) is 38.4 Å². The zero-order valence-corrected chi connectivity index (χ0v) is 17.4. The van der Waals surface area contributed by atoms with Gasteiger partial charge < -0.3 is 19.7 Å². The van der Waals surface area contributed by atoms with E-state index in [2.05, 4.69) is 0 Å². The van der Waals surface area contributed by atoms with E-state index >= 15 is 0 Å². The van der Waals surface area contributed by atoms with Crippen molar-refractivity contribution in [1.29, 1.82) is 0 Å². The smallest absolute Gasteiger partial charge is 0.331 e. The Morgan fingerprint density at radius 2 is 1.03 bits per heavy atom. The number of hydrogen-bond acceptors (Lipinski definition) is 6. The van der Waals surface area contributed by atoms with Crippen LogP contribution in [0.1, 0.15) is 11.1 Å². The maximum atomic E-state index is 11.2. The van der Waals surface area contributed by atoms with Crippen molar-refractivity contribution in [2.24, 2.45) is 0 Å². The maximum absolute atomic E-state index is 11.2. The fourth-order valence-electron chi connectivity index (χ4n) is 3.29. The summed E-state index contributed by atoms with van der Waals surface area (Å²) in [6.45, 7) is 0.328. The van der Waals surface area contributed by atoms with Crippen molar-refractivity contribution >= 4 is 23.1 Å². The molecule has 0 fully saturated rings. The van der Waals surface area contributed by atoms with Crippen LogP contribution in [0.4, 0.5) is 0 Å². The van der Waals surface area contributed by atoms with E-state index < -0.39 is 0 Å². The Kier molecular flexibility index (Phi) is 8.31. The summed E-state index contributed by atoms with van der Waals surface area (Å²) in [5.41, 5.74) is 5.25. The molecule has 6 heteroatoms. The van der Waals surface area contributed by atoms with Gasteiger partial charge in [-0.1, -0.05) is 72.8 Å². The fraction of sp³-hybridized carbons (Fsp3) is 0.154. The van der Waals surface area contributed by atoms with Crippen LogP contribution in [-0.4, -0.2) is 48.6 Å². The van der Waals surface area contributed by atoms with E-state index in [4.69, 9.17) is 19.7 Å². The molecule has 0 radical (unpaired) electrons. The molecule has 2 aromatic carbocycles. The Balaban J connectivity index is 0.000000181. The van der Waals surface area contributed by atoms with Crippen LogP contribution in [-0.2, 0) is 19.1 Å². The monoisotopic (exact) mass is 432 g/mol. The molecule has 0 aromatic heterocycles. The summed E-state index contributed by atoms with van der Waals surface area (Å²) in [6, 6.07) is 19.2. The average Bonchev–Trinajstić information content (AvgIpc) is 2.83. The Morgan fingerprint density at radius 1 is 0.656 bits per heavy atom. The van der Waals surface area contributed by atoms with Crippen LogP contribution in [0.3, 0.4) is 0 Å². The average molecular weight is 432 g/mol. The highest BCUT2D eigenvalue weighted by molar-refractivity contribution is 5.99. The number of ether oxygens (including phenoxy) is 2. The third kappa shape index (κ3) is 6.14. The molecule has 2 aliphatic heterocycles. The number of esters is 2. The first-order chi connectivity index (χ1) is 15.6. The highest BCUT2D eigenvalue weighted by Gasteiger charge is 2.18. The van der Waals surface area contributed by atoms with Crippen LogP contribution < -0.4 is 0 Å². The molecule has 4 rings (SSSR count). The largest absolute Gasteiger partial charge is 0.458 e. The van der Waals surface area contributed by atoms with Gasteiger partial charge in [-0.3, -0.25) is 0 Å². The zero-order valence-electron chi connectivity index (χ0n) is 17.4. The topological polar surface area (TPSA) is 93.1 Å². The number of cyclic esters (lactones) is 2. The highest BCUT2D eigenvalue weighted by Crippen LogP contribution is 2.27. The molecule has 32 heavy (non-hydrogen) atoms. The van der Waals surface area contributed by atoms with Gasteiger partial charge in [0.15, 0.2) is 0 Å². The van der Waals surface area contributed by atoms with Gasteiger partial charge in [-0.2, -0.15) is 0 Å². The minimum atomic E-state index is -0.339. The van der Waals surface area contributed by atoms with Crippen molar-refractivity contribution in [3.8, 4) is 0 Å². The molecular formula is C26H24O6. The van der Waals surface area contributed by atoms with E-state index in [0.717, 1.165) is 33.4 Å². The van der Waals surface area contributed by atoms with Crippen LogP contribution >= 0.6 is 0 Å². The minimum Gasteiger partial charge on any atom is -0.458 e.